The van der Waals surface area contributed by atoms with Gasteiger partial charge in [0.15, 0.2) is 0 Å². The van der Waals surface area contributed by atoms with Crippen molar-refractivity contribution in [2.24, 2.45) is 0 Å². The molecule has 0 radical (unpaired) electrons. The van der Waals surface area contributed by atoms with E-state index in [1.165, 1.54) is 19.9 Å². The van der Waals surface area contributed by atoms with Crippen molar-refractivity contribution in [1.82, 2.24) is 14.8 Å². The van der Waals surface area contributed by atoms with Gasteiger partial charge in [0, 0.05) is 19.6 Å². The zero-order valence-electron chi connectivity index (χ0n) is 7.84. The van der Waals surface area contributed by atoms with E-state index in [-0.39, 0.29) is 0 Å². The Hall–Kier alpha value is -0.170. The highest BCUT2D eigenvalue weighted by Crippen LogP contribution is 2.18. The van der Waals surface area contributed by atoms with Gasteiger partial charge in [-0.2, -0.15) is 8.42 Å². The maximum atomic E-state index is 10.9. The van der Waals surface area contributed by atoms with Crippen LogP contribution in [-0.4, -0.2) is 34.6 Å². The van der Waals surface area contributed by atoms with Crippen LogP contribution in [0, 0.1) is 0 Å². The molecule has 0 aromatic heterocycles. The maximum Gasteiger partial charge on any atom is 0.276 e. The summed E-state index contributed by atoms with van der Waals surface area (Å²) in [7, 11) is -1.84. The highest BCUT2D eigenvalue weighted by Gasteiger charge is 2.19. The van der Waals surface area contributed by atoms with Gasteiger partial charge in [0.2, 0.25) is 0 Å². The minimum absolute atomic E-state index is 0.489. The largest absolute Gasteiger partial charge is 0.314 e. The summed E-state index contributed by atoms with van der Waals surface area (Å²) >= 11 is 0. The van der Waals surface area contributed by atoms with Crippen molar-refractivity contribution >= 4 is 10.2 Å². The summed E-state index contributed by atoms with van der Waals surface area (Å²) in [6, 6.07) is 0.695. The molecule has 6 heteroatoms. The lowest BCUT2D eigenvalue weighted by Crippen LogP contribution is -2.35. The molecule has 78 valence electrons. The predicted molar refractivity (Wildman–Crippen MR) is 51.6 cm³/mol. The van der Waals surface area contributed by atoms with Gasteiger partial charge in [0.1, 0.15) is 0 Å². The van der Waals surface area contributed by atoms with E-state index in [1.807, 2.05) is 0 Å². The van der Waals surface area contributed by atoms with Gasteiger partial charge in [-0.15, -0.1) is 0 Å². The molecule has 0 aromatic carbocycles. The Morgan fingerprint density at radius 3 is 2.54 bits per heavy atom. The van der Waals surface area contributed by atoms with Crippen LogP contribution in [0.3, 0.4) is 0 Å². The third kappa shape index (κ3) is 5.20. The van der Waals surface area contributed by atoms with Gasteiger partial charge in [-0.3, -0.25) is 0 Å². The van der Waals surface area contributed by atoms with Gasteiger partial charge in [0.05, 0.1) is 0 Å². The molecule has 0 amide bonds. The Bertz CT molecular complexity index is 236. The lowest BCUT2D eigenvalue weighted by atomic mass is 10.4. The Labute approximate surface area is 79.5 Å². The molecule has 1 rings (SSSR count). The summed E-state index contributed by atoms with van der Waals surface area (Å²) < 4.78 is 26.4. The molecular weight excluding hydrogens is 190 g/mol. The molecule has 3 N–H and O–H groups in total. The van der Waals surface area contributed by atoms with E-state index >= 15 is 0 Å². The monoisotopic (exact) mass is 207 g/mol. The molecule has 1 aliphatic carbocycles. The van der Waals surface area contributed by atoms with Crippen LogP contribution in [-0.2, 0) is 10.2 Å². The lowest BCUT2D eigenvalue weighted by Gasteiger charge is -2.05. The molecule has 0 aromatic rings. The second-order valence-electron chi connectivity index (χ2n) is 3.18. The molecule has 5 nitrogen and oxygen atoms in total. The smallest absolute Gasteiger partial charge is 0.276 e. The quantitative estimate of drug-likeness (QED) is 0.478. The molecule has 1 fully saturated rings. The van der Waals surface area contributed by atoms with Crippen molar-refractivity contribution in [3.05, 3.63) is 0 Å². The van der Waals surface area contributed by atoms with Crippen molar-refractivity contribution < 1.29 is 8.42 Å². The molecule has 0 heterocycles. The average Bonchev–Trinajstić information content (AvgIpc) is 2.87. The zero-order valence-corrected chi connectivity index (χ0v) is 8.65. The van der Waals surface area contributed by atoms with Crippen molar-refractivity contribution in [1.29, 1.82) is 0 Å². The van der Waals surface area contributed by atoms with Gasteiger partial charge < -0.3 is 5.32 Å². The first-order chi connectivity index (χ1) is 6.14. The van der Waals surface area contributed by atoms with Crippen LogP contribution >= 0.6 is 0 Å². The van der Waals surface area contributed by atoms with E-state index < -0.39 is 10.2 Å². The fourth-order valence-electron chi connectivity index (χ4n) is 0.961. The van der Waals surface area contributed by atoms with E-state index in [2.05, 4.69) is 14.8 Å². The second-order valence-corrected chi connectivity index (χ2v) is 4.89. The van der Waals surface area contributed by atoms with Crippen LogP contribution in [0.25, 0.3) is 0 Å². The summed E-state index contributed by atoms with van der Waals surface area (Å²) in [4.78, 5) is 0. The highest BCUT2D eigenvalue weighted by molar-refractivity contribution is 7.87. The topological polar surface area (TPSA) is 70.2 Å². The summed E-state index contributed by atoms with van der Waals surface area (Å²) in [5.74, 6) is 0. The SMILES string of the molecule is CNS(=O)(=O)NCCCNC1CC1. The first-order valence-corrected chi connectivity index (χ1v) is 6.04. The maximum absolute atomic E-state index is 10.9. The normalized spacial score (nSPS) is 17.6. The summed E-state index contributed by atoms with van der Waals surface area (Å²) in [6.07, 6.45) is 3.36. The average molecular weight is 207 g/mol. The molecule has 0 bridgehead atoms. The first kappa shape index (κ1) is 10.9. The van der Waals surface area contributed by atoms with Gasteiger partial charge in [-0.1, -0.05) is 0 Å². The van der Waals surface area contributed by atoms with Crippen LogP contribution in [0.2, 0.25) is 0 Å². The lowest BCUT2D eigenvalue weighted by molar-refractivity contribution is 0.565. The van der Waals surface area contributed by atoms with Gasteiger partial charge in [-0.25, -0.2) is 9.44 Å². The van der Waals surface area contributed by atoms with Crippen LogP contribution in [0.4, 0.5) is 0 Å². The Morgan fingerprint density at radius 1 is 1.31 bits per heavy atom. The van der Waals surface area contributed by atoms with Gasteiger partial charge in [0.25, 0.3) is 10.2 Å². The minimum atomic E-state index is -3.23. The van der Waals surface area contributed by atoms with E-state index in [9.17, 15) is 8.42 Å². The fraction of sp³-hybridized carbons (Fsp3) is 1.00. The van der Waals surface area contributed by atoms with E-state index in [4.69, 9.17) is 0 Å². The number of hydrogen-bond donors (Lipinski definition) is 3. The fourth-order valence-corrected chi connectivity index (χ4v) is 1.52. The molecule has 1 saturated carbocycles. The third-order valence-electron chi connectivity index (χ3n) is 1.92. The van der Waals surface area contributed by atoms with Crippen LogP contribution < -0.4 is 14.8 Å². The first-order valence-electron chi connectivity index (χ1n) is 4.55. The third-order valence-corrected chi connectivity index (χ3v) is 3.05. The molecule has 13 heavy (non-hydrogen) atoms. The predicted octanol–water partition coefficient (Wildman–Crippen LogP) is -0.818. The number of hydrogen-bond acceptors (Lipinski definition) is 3. The van der Waals surface area contributed by atoms with Gasteiger partial charge in [-0.05, 0) is 25.8 Å². The highest BCUT2D eigenvalue weighted by atomic mass is 32.2. The van der Waals surface area contributed by atoms with Crippen molar-refractivity contribution in [2.45, 2.75) is 25.3 Å². The van der Waals surface area contributed by atoms with Crippen molar-refractivity contribution in [3.8, 4) is 0 Å². The summed E-state index contributed by atoms with van der Waals surface area (Å²) in [6.45, 7) is 1.37. The summed E-state index contributed by atoms with van der Waals surface area (Å²) in [5.41, 5.74) is 0. The minimum Gasteiger partial charge on any atom is -0.314 e. The Kier molecular flexibility index (Phi) is 4.11. The van der Waals surface area contributed by atoms with Gasteiger partial charge >= 0.3 is 0 Å². The molecule has 0 aliphatic heterocycles. The second kappa shape index (κ2) is 4.90. The standard InChI is InChI=1S/C7H17N3O2S/c1-8-13(11,12)10-6-2-5-9-7-3-4-7/h7-10H,2-6H2,1H3. The van der Waals surface area contributed by atoms with Crippen molar-refractivity contribution in [3.63, 3.8) is 0 Å². The molecule has 0 saturated heterocycles. The van der Waals surface area contributed by atoms with Crippen LogP contribution in [0.1, 0.15) is 19.3 Å². The van der Waals surface area contributed by atoms with Crippen LogP contribution in [0.5, 0.6) is 0 Å². The molecule has 0 unspecified atom stereocenters. The number of rotatable bonds is 7. The van der Waals surface area contributed by atoms with E-state index in [0.717, 1.165) is 13.0 Å². The van der Waals surface area contributed by atoms with Crippen LogP contribution in [0.15, 0.2) is 0 Å². The zero-order chi connectivity index (χ0) is 9.73. The molecule has 1 aliphatic rings. The summed E-state index contributed by atoms with van der Waals surface area (Å²) in [5, 5.41) is 3.31. The van der Waals surface area contributed by atoms with E-state index in [0.29, 0.717) is 12.6 Å². The molecular formula is C7H17N3O2S. The molecule has 0 spiro atoms. The molecule has 0 atom stereocenters. The Balaban J connectivity index is 1.93. The number of nitrogens with one attached hydrogen (secondary N) is 3. The van der Waals surface area contributed by atoms with E-state index in [1.54, 1.807) is 0 Å². The Morgan fingerprint density at radius 2 is 2.00 bits per heavy atom. The van der Waals surface area contributed by atoms with Crippen molar-refractivity contribution in [2.75, 3.05) is 20.1 Å².